The first-order valence-electron chi connectivity index (χ1n) is 6.54. The van der Waals surface area contributed by atoms with Gasteiger partial charge in [0, 0.05) is 36.4 Å². The van der Waals surface area contributed by atoms with Crippen LogP contribution in [0.4, 0.5) is 0 Å². The van der Waals surface area contributed by atoms with Crippen LogP contribution in [0.25, 0.3) is 0 Å². The van der Waals surface area contributed by atoms with E-state index in [9.17, 15) is 4.79 Å². The van der Waals surface area contributed by atoms with Crippen molar-refractivity contribution < 1.29 is 14.6 Å². The Labute approximate surface area is 117 Å². The summed E-state index contributed by atoms with van der Waals surface area (Å²) in [5, 5.41) is 13.9. The minimum absolute atomic E-state index is 0.229. The number of ether oxygens (including phenoxy) is 1. The second-order valence-electron chi connectivity index (χ2n) is 4.62. The van der Waals surface area contributed by atoms with Gasteiger partial charge in [-0.1, -0.05) is 6.92 Å². The smallest absolute Gasteiger partial charge is 0.336 e. The monoisotopic (exact) mass is 284 g/mol. The van der Waals surface area contributed by atoms with Gasteiger partial charge in [0.15, 0.2) is 0 Å². The van der Waals surface area contributed by atoms with Crippen molar-refractivity contribution in [2.75, 3.05) is 32.8 Å². The van der Waals surface area contributed by atoms with Gasteiger partial charge >= 0.3 is 5.97 Å². The zero-order valence-corrected chi connectivity index (χ0v) is 11.9. The lowest BCUT2D eigenvalue weighted by atomic mass is 10.2. The molecule has 0 spiro atoms. The first-order chi connectivity index (χ1) is 9.19. The molecule has 1 atom stereocenters. The van der Waals surface area contributed by atoms with Gasteiger partial charge in [-0.05, 0) is 12.6 Å². The summed E-state index contributed by atoms with van der Waals surface area (Å²) >= 11 is 1.47. The Bertz CT molecular complexity index is 422. The van der Waals surface area contributed by atoms with Crippen LogP contribution in [0.15, 0.2) is 11.4 Å². The fourth-order valence-corrected chi connectivity index (χ4v) is 2.96. The summed E-state index contributed by atoms with van der Waals surface area (Å²) in [6.07, 6.45) is 0.229. The Balaban J connectivity index is 1.72. The normalized spacial score (nSPS) is 20.6. The highest BCUT2D eigenvalue weighted by Crippen LogP contribution is 2.14. The number of carbonyl (C=O) groups is 1. The average molecular weight is 284 g/mol. The fraction of sp³-hybridized carbons (Fsp3) is 0.615. The molecule has 19 heavy (non-hydrogen) atoms. The Morgan fingerprint density at radius 3 is 3.21 bits per heavy atom. The molecule has 1 aliphatic rings. The third-order valence-corrected chi connectivity index (χ3v) is 4.18. The van der Waals surface area contributed by atoms with Crippen molar-refractivity contribution in [3.63, 3.8) is 0 Å². The van der Waals surface area contributed by atoms with Gasteiger partial charge < -0.3 is 15.2 Å². The molecule has 0 aromatic carbocycles. The molecule has 2 heterocycles. The number of carboxylic acid groups (broad SMARTS) is 1. The highest BCUT2D eigenvalue weighted by Gasteiger charge is 2.18. The summed E-state index contributed by atoms with van der Waals surface area (Å²) in [6, 6.07) is 1.72. The van der Waals surface area contributed by atoms with E-state index in [0.717, 1.165) is 37.7 Å². The second-order valence-corrected chi connectivity index (χ2v) is 5.62. The number of hydrogen-bond acceptors (Lipinski definition) is 5. The van der Waals surface area contributed by atoms with Gasteiger partial charge in [-0.25, -0.2) is 4.79 Å². The van der Waals surface area contributed by atoms with Gasteiger partial charge in [0.05, 0.1) is 18.3 Å². The van der Waals surface area contributed by atoms with E-state index in [1.165, 1.54) is 11.3 Å². The number of carboxylic acids is 1. The molecule has 0 aliphatic carbocycles. The van der Waals surface area contributed by atoms with Crippen molar-refractivity contribution in [2.45, 2.75) is 19.6 Å². The molecule has 2 rings (SSSR count). The van der Waals surface area contributed by atoms with Gasteiger partial charge in [-0.15, -0.1) is 11.3 Å². The van der Waals surface area contributed by atoms with Crippen LogP contribution in [0.2, 0.25) is 0 Å². The highest BCUT2D eigenvalue weighted by molar-refractivity contribution is 7.10. The topological polar surface area (TPSA) is 61.8 Å². The number of nitrogens with one attached hydrogen (secondary N) is 1. The predicted octanol–water partition coefficient (Wildman–Crippen LogP) is 1.26. The lowest BCUT2D eigenvalue weighted by Gasteiger charge is -2.32. The molecule has 5 nitrogen and oxygen atoms in total. The van der Waals surface area contributed by atoms with E-state index in [0.29, 0.717) is 12.1 Å². The zero-order chi connectivity index (χ0) is 13.7. The van der Waals surface area contributed by atoms with Crippen molar-refractivity contribution in [1.82, 2.24) is 10.2 Å². The van der Waals surface area contributed by atoms with Crippen LogP contribution in [0.3, 0.4) is 0 Å². The van der Waals surface area contributed by atoms with Gasteiger partial charge in [0.2, 0.25) is 0 Å². The van der Waals surface area contributed by atoms with E-state index in [1.807, 2.05) is 0 Å². The van der Waals surface area contributed by atoms with Crippen LogP contribution >= 0.6 is 11.3 Å². The molecule has 1 saturated heterocycles. The van der Waals surface area contributed by atoms with E-state index in [-0.39, 0.29) is 6.10 Å². The minimum atomic E-state index is -0.864. The lowest BCUT2D eigenvalue weighted by Crippen LogP contribution is -2.46. The van der Waals surface area contributed by atoms with Gasteiger partial charge in [-0.2, -0.15) is 0 Å². The average Bonchev–Trinajstić information content (AvgIpc) is 2.88. The first kappa shape index (κ1) is 14.5. The summed E-state index contributed by atoms with van der Waals surface area (Å²) in [7, 11) is 0. The fourth-order valence-electron chi connectivity index (χ4n) is 2.13. The molecule has 0 saturated carbocycles. The largest absolute Gasteiger partial charge is 0.478 e. The van der Waals surface area contributed by atoms with E-state index in [2.05, 4.69) is 17.1 Å². The van der Waals surface area contributed by atoms with Crippen LogP contribution in [0.1, 0.15) is 22.2 Å². The summed E-state index contributed by atoms with van der Waals surface area (Å²) < 4.78 is 5.70. The van der Waals surface area contributed by atoms with E-state index >= 15 is 0 Å². The maximum atomic E-state index is 10.8. The number of thiophene rings is 1. The molecule has 1 aromatic rings. The number of aromatic carboxylic acids is 1. The minimum Gasteiger partial charge on any atom is -0.478 e. The predicted molar refractivity (Wildman–Crippen MR) is 74.8 cm³/mol. The van der Waals surface area contributed by atoms with E-state index < -0.39 is 5.97 Å². The molecule has 2 N–H and O–H groups in total. The van der Waals surface area contributed by atoms with Crippen LogP contribution in [0, 0.1) is 0 Å². The number of nitrogens with zero attached hydrogens (tertiary/aromatic N) is 1. The van der Waals surface area contributed by atoms with Crippen molar-refractivity contribution in [3.05, 3.63) is 21.9 Å². The van der Waals surface area contributed by atoms with Gasteiger partial charge in [0.25, 0.3) is 0 Å². The number of hydrogen-bond donors (Lipinski definition) is 2. The van der Waals surface area contributed by atoms with Gasteiger partial charge in [-0.3, -0.25) is 4.90 Å². The third kappa shape index (κ3) is 4.28. The second kappa shape index (κ2) is 7.00. The van der Waals surface area contributed by atoms with Gasteiger partial charge in [0.1, 0.15) is 0 Å². The molecule has 1 unspecified atom stereocenters. The van der Waals surface area contributed by atoms with Crippen LogP contribution in [-0.2, 0) is 11.3 Å². The van der Waals surface area contributed by atoms with Crippen molar-refractivity contribution in [1.29, 1.82) is 0 Å². The molecular formula is C13H20N2O3S. The third-order valence-electron chi connectivity index (χ3n) is 3.24. The van der Waals surface area contributed by atoms with E-state index in [4.69, 9.17) is 9.84 Å². The Kier molecular flexibility index (Phi) is 5.33. The quantitative estimate of drug-likeness (QED) is 0.823. The Hall–Kier alpha value is -0.950. The van der Waals surface area contributed by atoms with Crippen molar-refractivity contribution in [2.24, 2.45) is 0 Å². The number of likely N-dealkylation sites (N-methyl/N-ethyl adjacent to an activating group) is 1. The Morgan fingerprint density at radius 2 is 2.53 bits per heavy atom. The molecule has 0 bridgehead atoms. The van der Waals surface area contributed by atoms with Crippen LogP contribution in [-0.4, -0.2) is 54.9 Å². The molecule has 6 heteroatoms. The van der Waals surface area contributed by atoms with Crippen molar-refractivity contribution >= 4 is 17.3 Å². The van der Waals surface area contributed by atoms with Crippen LogP contribution < -0.4 is 5.32 Å². The molecule has 1 aliphatic heterocycles. The molecular weight excluding hydrogens is 264 g/mol. The van der Waals surface area contributed by atoms with E-state index in [1.54, 1.807) is 11.4 Å². The Morgan fingerprint density at radius 1 is 1.68 bits per heavy atom. The van der Waals surface area contributed by atoms with Crippen molar-refractivity contribution in [3.8, 4) is 0 Å². The summed E-state index contributed by atoms with van der Waals surface area (Å²) in [4.78, 5) is 14.2. The summed E-state index contributed by atoms with van der Waals surface area (Å²) in [5.41, 5.74) is 0.368. The number of rotatable bonds is 6. The summed E-state index contributed by atoms with van der Waals surface area (Å²) in [6.45, 7) is 7.50. The molecule has 0 radical (unpaired) electrons. The highest BCUT2D eigenvalue weighted by atomic mass is 32.1. The molecule has 0 amide bonds. The first-order valence-corrected chi connectivity index (χ1v) is 7.42. The molecule has 1 aromatic heterocycles. The maximum absolute atomic E-state index is 10.8. The zero-order valence-electron chi connectivity index (χ0n) is 11.1. The number of morpholine rings is 1. The standard InChI is InChI=1S/C13H20N2O3S/c1-2-15-3-4-18-11(8-15)6-14-7-12-5-10(9-19-12)13(16)17/h5,9,11,14H,2-4,6-8H2,1H3,(H,16,17). The maximum Gasteiger partial charge on any atom is 0.336 e. The molecule has 106 valence electrons. The van der Waals surface area contributed by atoms with Crippen LogP contribution in [0.5, 0.6) is 0 Å². The summed E-state index contributed by atoms with van der Waals surface area (Å²) in [5.74, 6) is -0.864. The molecule has 1 fully saturated rings. The SMILES string of the molecule is CCN1CCOC(CNCc2cc(C(=O)O)cs2)C1. The lowest BCUT2D eigenvalue weighted by molar-refractivity contribution is -0.0253.